The molecule has 0 amide bonds. The number of aromatic amines is 1. The maximum Gasteiger partial charge on any atom is 0.307 e. The Bertz CT molecular complexity index is 445. The third-order valence-corrected chi connectivity index (χ3v) is 2.02. The number of aromatic nitrogens is 1. The molecule has 0 aliphatic heterocycles. The van der Waals surface area contributed by atoms with Crippen molar-refractivity contribution in [1.82, 2.24) is 4.98 Å². The van der Waals surface area contributed by atoms with Gasteiger partial charge < -0.3 is 10.1 Å². The maximum absolute atomic E-state index is 10.5. The smallest absolute Gasteiger partial charge is 0.307 e. The van der Waals surface area contributed by atoms with E-state index in [1.54, 1.807) is 6.20 Å². The second-order valence-corrected chi connectivity index (χ2v) is 2.93. The molecule has 1 heterocycles. The van der Waals surface area contributed by atoms with Crippen LogP contribution in [0.4, 0.5) is 0 Å². The predicted molar refractivity (Wildman–Crippen MR) is 49.6 cm³/mol. The lowest BCUT2D eigenvalue weighted by Gasteiger charge is -1.92. The first-order chi connectivity index (χ1) is 6.27. The predicted octanol–water partition coefficient (Wildman–Crippen LogP) is 1.79. The number of rotatable bonds is 2. The Hall–Kier alpha value is -1.77. The molecule has 0 spiro atoms. The standard InChI is InChI=1S/C10H9NO2/c12-10(13)5-7-6-11-9-4-2-1-3-8(7)9/h1-4,6,11H,5H2,(H,12,13)/i10-1. The monoisotopic (exact) mass is 174 g/mol. The summed E-state index contributed by atoms with van der Waals surface area (Å²) in [5.74, 6) is -0.801. The van der Waals surface area contributed by atoms with Gasteiger partial charge in [0.05, 0.1) is 6.42 Å². The van der Waals surface area contributed by atoms with E-state index in [-0.39, 0.29) is 6.42 Å². The van der Waals surface area contributed by atoms with Gasteiger partial charge in [0, 0.05) is 17.1 Å². The Kier molecular flexibility index (Phi) is 1.77. The fraction of sp³-hybridized carbons (Fsp3) is 0.100. The molecule has 2 rings (SSSR count). The largest absolute Gasteiger partial charge is 0.481 e. The number of para-hydroxylation sites is 1. The summed E-state index contributed by atoms with van der Waals surface area (Å²) in [5.41, 5.74) is 1.82. The van der Waals surface area contributed by atoms with Crippen molar-refractivity contribution in [1.29, 1.82) is 0 Å². The number of carboxylic acid groups (broad SMARTS) is 1. The van der Waals surface area contributed by atoms with Crippen LogP contribution >= 0.6 is 0 Å². The van der Waals surface area contributed by atoms with Gasteiger partial charge in [-0.3, -0.25) is 4.79 Å². The van der Waals surface area contributed by atoms with Crippen LogP contribution in [0.15, 0.2) is 30.5 Å². The van der Waals surface area contributed by atoms with Crippen LogP contribution in [0.2, 0.25) is 0 Å². The molecule has 0 saturated carbocycles. The Morgan fingerprint density at radius 3 is 2.92 bits per heavy atom. The summed E-state index contributed by atoms with van der Waals surface area (Å²) in [7, 11) is 0. The van der Waals surface area contributed by atoms with Crippen LogP contribution in [0.1, 0.15) is 5.56 Å². The Morgan fingerprint density at radius 2 is 2.15 bits per heavy atom. The Morgan fingerprint density at radius 1 is 1.38 bits per heavy atom. The SMILES string of the molecule is O=[11C](O)Cc1c[nH]c2ccccc12. The minimum absolute atomic E-state index is 0.0734. The number of carbonyl (C=O) groups is 1. The number of aliphatic carboxylic acids is 1. The van der Waals surface area contributed by atoms with Crippen molar-refractivity contribution >= 4 is 16.9 Å². The van der Waals surface area contributed by atoms with Gasteiger partial charge in [0.2, 0.25) is 0 Å². The van der Waals surface area contributed by atoms with E-state index in [1.807, 2.05) is 24.3 Å². The van der Waals surface area contributed by atoms with Gasteiger partial charge >= 0.3 is 5.97 Å². The van der Waals surface area contributed by atoms with Gasteiger partial charge in [-0.05, 0) is 11.6 Å². The number of nitrogens with one attached hydrogen (secondary N) is 1. The van der Waals surface area contributed by atoms with Gasteiger partial charge in [0.15, 0.2) is 0 Å². The second kappa shape index (κ2) is 2.94. The third-order valence-electron chi connectivity index (χ3n) is 2.02. The van der Waals surface area contributed by atoms with Gasteiger partial charge in [-0.2, -0.15) is 0 Å². The molecule has 3 nitrogen and oxygen atoms in total. The molecule has 0 bridgehead atoms. The summed E-state index contributed by atoms with van der Waals surface area (Å²) in [6, 6.07) is 7.68. The van der Waals surface area contributed by atoms with E-state index in [1.165, 1.54) is 0 Å². The van der Waals surface area contributed by atoms with Crippen LogP contribution in [-0.2, 0) is 11.2 Å². The van der Waals surface area contributed by atoms with E-state index in [4.69, 9.17) is 5.11 Å². The minimum atomic E-state index is -0.801. The van der Waals surface area contributed by atoms with Gasteiger partial charge in [-0.25, -0.2) is 0 Å². The lowest BCUT2D eigenvalue weighted by molar-refractivity contribution is -0.136. The van der Waals surface area contributed by atoms with Crippen LogP contribution in [-0.4, -0.2) is 16.1 Å². The van der Waals surface area contributed by atoms with E-state index in [2.05, 4.69) is 4.98 Å². The van der Waals surface area contributed by atoms with Gasteiger partial charge in [0.1, 0.15) is 0 Å². The fourth-order valence-corrected chi connectivity index (χ4v) is 1.44. The summed E-state index contributed by atoms with van der Waals surface area (Å²) in [6.45, 7) is 0. The van der Waals surface area contributed by atoms with Crippen molar-refractivity contribution in [2.75, 3.05) is 0 Å². The number of carboxylic acids is 1. The lowest BCUT2D eigenvalue weighted by atomic mass is 9.95. The van der Waals surface area contributed by atoms with E-state index in [0.717, 1.165) is 16.5 Å². The molecule has 0 fully saturated rings. The zero-order valence-electron chi connectivity index (χ0n) is 6.95. The van der Waals surface area contributed by atoms with Crippen LogP contribution in [0, 0.1) is 0 Å². The first-order valence-corrected chi connectivity index (χ1v) is 4.04. The average Bonchev–Trinajstić information content (AvgIpc) is 2.48. The van der Waals surface area contributed by atoms with Crippen molar-refractivity contribution < 1.29 is 9.90 Å². The highest BCUT2D eigenvalue weighted by atomic mass is 16.3. The van der Waals surface area contributed by atoms with Crippen molar-refractivity contribution in [3.05, 3.63) is 36.0 Å². The first-order valence-electron chi connectivity index (χ1n) is 4.04. The van der Waals surface area contributed by atoms with Crippen LogP contribution in [0.25, 0.3) is 10.9 Å². The van der Waals surface area contributed by atoms with E-state index in [9.17, 15) is 4.79 Å². The molecule has 66 valence electrons. The second-order valence-electron chi connectivity index (χ2n) is 2.93. The highest BCUT2D eigenvalue weighted by molar-refractivity contribution is 5.86. The summed E-state index contributed by atoms with van der Waals surface area (Å²) in [4.78, 5) is 13.5. The van der Waals surface area contributed by atoms with Gasteiger partial charge in [-0.15, -0.1) is 0 Å². The molecule has 2 N–H and O–H groups in total. The molecule has 0 unspecified atom stereocenters. The first kappa shape index (κ1) is 7.86. The van der Waals surface area contributed by atoms with E-state index in [0.29, 0.717) is 0 Å². The number of hydrogen-bond donors (Lipinski definition) is 2. The topological polar surface area (TPSA) is 53.1 Å². The molecule has 13 heavy (non-hydrogen) atoms. The van der Waals surface area contributed by atoms with Gasteiger partial charge in [-0.1, -0.05) is 18.2 Å². The molecular formula is C10H9NO2. The summed E-state index contributed by atoms with van der Waals surface area (Å²) in [5, 5.41) is 9.62. The van der Waals surface area contributed by atoms with Crippen molar-refractivity contribution in [3.8, 4) is 0 Å². The van der Waals surface area contributed by atoms with Crippen molar-refractivity contribution in [2.24, 2.45) is 0 Å². The van der Waals surface area contributed by atoms with Gasteiger partial charge in [0.25, 0.3) is 0 Å². The normalized spacial score (nSPS) is 10.5. The molecule has 1 aromatic carbocycles. The zero-order chi connectivity index (χ0) is 9.26. The highest BCUT2D eigenvalue weighted by Crippen LogP contribution is 2.17. The molecule has 3 heteroatoms. The number of fused-ring (bicyclic) bond motifs is 1. The van der Waals surface area contributed by atoms with Crippen molar-refractivity contribution in [2.45, 2.75) is 6.42 Å². The summed E-state index contributed by atoms with van der Waals surface area (Å²) >= 11 is 0. The molecule has 2 aromatic rings. The molecule has 0 aliphatic carbocycles. The summed E-state index contributed by atoms with van der Waals surface area (Å²) in [6.07, 6.45) is 1.82. The fourth-order valence-electron chi connectivity index (χ4n) is 1.44. The molecular weight excluding hydrogens is 165 g/mol. The van der Waals surface area contributed by atoms with E-state index >= 15 is 0 Å². The highest BCUT2D eigenvalue weighted by Gasteiger charge is 2.05. The molecule has 1 aromatic heterocycles. The number of benzene rings is 1. The van der Waals surface area contributed by atoms with Crippen LogP contribution in [0.3, 0.4) is 0 Å². The number of hydrogen-bond acceptors (Lipinski definition) is 1. The quantitative estimate of drug-likeness (QED) is 0.729. The van der Waals surface area contributed by atoms with Crippen LogP contribution < -0.4 is 0 Å². The lowest BCUT2D eigenvalue weighted by Crippen LogP contribution is -1.98. The molecule has 0 radical (unpaired) electrons. The van der Waals surface area contributed by atoms with Crippen LogP contribution in [0.5, 0.6) is 0 Å². The minimum Gasteiger partial charge on any atom is -0.481 e. The van der Waals surface area contributed by atoms with Crippen molar-refractivity contribution in [3.63, 3.8) is 0 Å². The summed E-state index contributed by atoms with van der Waals surface area (Å²) < 4.78 is 0. The molecule has 0 aliphatic rings. The zero-order valence-corrected chi connectivity index (χ0v) is 6.95. The molecule has 0 saturated heterocycles. The Labute approximate surface area is 75.0 Å². The van der Waals surface area contributed by atoms with E-state index < -0.39 is 5.97 Å². The molecule has 0 atom stereocenters. The Balaban J connectivity index is 2.51. The maximum atomic E-state index is 10.5. The number of H-pyrrole nitrogens is 1. The third kappa shape index (κ3) is 1.40. The average molecular weight is 174 g/mol.